The van der Waals surface area contributed by atoms with Gasteiger partial charge in [0.2, 0.25) is 0 Å². The van der Waals surface area contributed by atoms with Crippen molar-refractivity contribution in [2.75, 3.05) is 13.1 Å². The smallest absolute Gasteiger partial charge is 0.255 e. The molecule has 1 saturated heterocycles. The van der Waals surface area contributed by atoms with E-state index in [1.54, 1.807) is 12.1 Å². The molecule has 2 rings (SSSR count). The minimum absolute atomic E-state index is 0.0507. The van der Waals surface area contributed by atoms with E-state index in [0.717, 1.165) is 19.5 Å². The van der Waals surface area contributed by atoms with Crippen molar-refractivity contribution in [2.24, 2.45) is 5.41 Å². The SMILES string of the molecule is CC1(C)CCN(C(=O)c2ccc(Cl)nc2)C1. The molecule has 3 nitrogen and oxygen atoms in total. The van der Waals surface area contributed by atoms with Gasteiger partial charge in [0.15, 0.2) is 0 Å². The maximum atomic E-state index is 12.1. The first-order chi connectivity index (χ1) is 7.48. The standard InChI is InChI=1S/C12H15ClN2O/c1-12(2)5-6-15(8-12)11(16)9-3-4-10(13)14-7-9/h3-4,7H,5-6,8H2,1-2H3. The minimum atomic E-state index is 0.0507. The Balaban J connectivity index is 2.12. The molecule has 16 heavy (non-hydrogen) atoms. The molecule has 0 N–H and O–H groups in total. The number of amides is 1. The van der Waals surface area contributed by atoms with Crippen molar-refractivity contribution in [3.63, 3.8) is 0 Å². The van der Waals surface area contributed by atoms with Crippen molar-refractivity contribution in [3.05, 3.63) is 29.0 Å². The molecular weight excluding hydrogens is 224 g/mol. The van der Waals surface area contributed by atoms with E-state index in [9.17, 15) is 4.79 Å². The first kappa shape index (κ1) is 11.4. The van der Waals surface area contributed by atoms with Crippen molar-refractivity contribution in [2.45, 2.75) is 20.3 Å². The fourth-order valence-corrected chi connectivity index (χ4v) is 2.08. The molecule has 0 saturated carbocycles. The zero-order valence-electron chi connectivity index (χ0n) is 9.53. The van der Waals surface area contributed by atoms with Gasteiger partial charge in [0.25, 0.3) is 5.91 Å². The number of nitrogens with zero attached hydrogens (tertiary/aromatic N) is 2. The highest BCUT2D eigenvalue weighted by atomic mass is 35.5. The molecule has 0 aliphatic carbocycles. The molecule has 0 aromatic carbocycles. The normalized spacial score (nSPS) is 18.8. The number of halogens is 1. The summed E-state index contributed by atoms with van der Waals surface area (Å²) in [6, 6.07) is 3.37. The van der Waals surface area contributed by atoms with Crippen molar-refractivity contribution in [1.82, 2.24) is 9.88 Å². The van der Waals surface area contributed by atoms with Crippen LogP contribution in [0.15, 0.2) is 18.3 Å². The second-order valence-electron chi connectivity index (χ2n) is 5.01. The lowest BCUT2D eigenvalue weighted by Crippen LogP contribution is -2.30. The molecule has 1 fully saturated rings. The Morgan fingerprint density at radius 3 is 2.75 bits per heavy atom. The van der Waals surface area contributed by atoms with Gasteiger partial charge < -0.3 is 4.90 Å². The Morgan fingerprint density at radius 2 is 2.25 bits per heavy atom. The van der Waals surface area contributed by atoms with E-state index in [4.69, 9.17) is 11.6 Å². The molecule has 0 atom stereocenters. The zero-order chi connectivity index (χ0) is 11.8. The topological polar surface area (TPSA) is 33.2 Å². The van der Waals surface area contributed by atoms with E-state index in [1.807, 2.05) is 4.90 Å². The summed E-state index contributed by atoms with van der Waals surface area (Å²) in [7, 11) is 0. The zero-order valence-corrected chi connectivity index (χ0v) is 10.3. The highest BCUT2D eigenvalue weighted by molar-refractivity contribution is 6.29. The molecule has 1 aliphatic heterocycles. The Kier molecular flexibility index (Phi) is 2.89. The van der Waals surface area contributed by atoms with Crippen molar-refractivity contribution in [3.8, 4) is 0 Å². The van der Waals surface area contributed by atoms with Crippen LogP contribution in [0.25, 0.3) is 0 Å². The highest BCUT2D eigenvalue weighted by Crippen LogP contribution is 2.29. The molecule has 2 heterocycles. The third-order valence-corrected chi connectivity index (χ3v) is 3.16. The number of rotatable bonds is 1. The van der Waals surface area contributed by atoms with Crippen LogP contribution < -0.4 is 0 Å². The van der Waals surface area contributed by atoms with E-state index in [2.05, 4.69) is 18.8 Å². The predicted molar refractivity (Wildman–Crippen MR) is 63.5 cm³/mol. The van der Waals surface area contributed by atoms with Gasteiger partial charge in [-0.05, 0) is 24.0 Å². The first-order valence-corrected chi connectivity index (χ1v) is 5.77. The molecular formula is C12H15ClN2O. The average molecular weight is 239 g/mol. The number of hydrogen-bond donors (Lipinski definition) is 0. The van der Waals surface area contributed by atoms with Gasteiger partial charge in [0, 0.05) is 19.3 Å². The number of pyridine rings is 1. The molecule has 0 spiro atoms. The number of hydrogen-bond acceptors (Lipinski definition) is 2. The quantitative estimate of drug-likeness (QED) is 0.705. The second kappa shape index (κ2) is 4.06. The van der Waals surface area contributed by atoms with Gasteiger partial charge in [-0.2, -0.15) is 0 Å². The number of carbonyl (C=O) groups excluding carboxylic acids is 1. The van der Waals surface area contributed by atoms with Gasteiger partial charge in [-0.3, -0.25) is 4.79 Å². The van der Waals surface area contributed by atoms with Crippen LogP contribution in [-0.4, -0.2) is 28.9 Å². The highest BCUT2D eigenvalue weighted by Gasteiger charge is 2.32. The third-order valence-electron chi connectivity index (χ3n) is 2.94. The third kappa shape index (κ3) is 2.35. The number of likely N-dealkylation sites (tertiary alicyclic amines) is 1. The Hall–Kier alpha value is -1.09. The van der Waals surface area contributed by atoms with E-state index in [1.165, 1.54) is 6.20 Å². The van der Waals surface area contributed by atoms with Crippen molar-refractivity contribution in [1.29, 1.82) is 0 Å². The van der Waals surface area contributed by atoms with Crippen molar-refractivity contribution >= 4 is 17.5 Å². The number of carbonyl (C=O) groups is 1. The lowest BCUT2D eigenvalue weighted by atomic mass is 9.93. The molecule has 4 heteroatoms. The summed E-state index contributed by atoms with van der Waals surface area (Å²) in [5.41, 5.74) is 0.845. The van der Waals surface area contributed by atoms with Gasteiger partial charge in [-0.1, -0.05) is 25.4 Å². The lowest BCUT2D eigenvalue weighted by molar-refractivity contribution is 0.0778. The Morgan fingerprint density at radius 1 is 1.50 bits per heavy atom. The van der Waals surface area contributed by atoms with Crippen LogP contribution in [0.3, 0.4) is 0 Å². The second-order valence-corrected chi connectivity index (χ2v) is 5.40. The van der Waals surface area contributed by atoms with Gasteiger partial charge in [-0.25, -0.2) is 4.98 Å². The van der Waals surface area contributed by atoms with E-state index in [-0.39, 0.29) is 11.3 Å². The summed E-state index contributed by atoms with van der Waals surface area (Å²) < 4.78 is 0. The summed E-state index contributed by atoms with van der Waals surface area (Å²) in [6.07, 6.45) is 2.59. The molecule has 1 amide bonds. The maximum Gasteiger partial charge on any atom is 0.255 e. The van der Waals surface area contributed by atoms with E-state index < -0.39 is 0 Å². The lowest BCUT2D eigenvalue weighted by Gasteiger charge is -2.19. The van der Waals surface area contributed by atoms with Crippen LogP contribution in [0.4, 0.5) is 0 Å². The summed E-state index contributed by atoms with van der Waals surface area (Å²) >= 11 is 5.69. The summed E-state index contributed by atoms with van der Waals surface area (Å²) in [6.45, 7) is 6.00. The molecule has 0 radical (unpaired) electrons. The fraction of sp³-hybridized carbons (Fsp3) is 0.500. The molecule has 0 unspecified atom stereocenters. The largest absolute Gasteiger partial charge is 0.338 e. The molecule has 1 aliphatic rings. The van der Waals surface area contributed by atoms with E-state index >= 15 is 0 Å². The molecule has 0 bridgehead atoms. The fourth-order valence-electron chi connectivity index (χ4n) is 1.97. The van der Waals surface area contributed by atoms with Gasteiger partial charge in [-0.15, -0.1) is 0 Å². The summed E-state index contributed by atoms with van der Waals surface area (Å²) in [4.78, 5) is 17.9. The van der Waals surface area contributed by atoms with Crippen LogP contribution in [0.5, 0.6) is 0 Å². The van der Waals surface area contributed by atoms with Crippen LogP contribution in [0.2, 0.25) is 5.15 Å². The molecule has 1 aromatic heterocycles. The van der Waals surface area contributed by atoms with Crippen LogP contribution in [0, 0.1) is 5.41 Å². The molecule has 1 aromatic rings. The first-order valence-electron chi connectivity index (χ1n) is 5.39. The summed E-state index contributed by atoms with van der Waals surface area (Å²) in [5, 5.41) is 0.415. The predicted octanol–water partition coefficient (Wildman–Crippen LogP) is 2.61. The van der Waals surface area contributed by atoms with Crippen LogP contribution in [0.1, 0.15) is 30.6 Å². The summed E-state index contributed by atoms with van der Waals surface area (Å²) in [5.74, 6) is 0.0507. The Bertz CT molecular complexity index is 400. The maximum absolute atomic E-state index is 12.1. The monoisotopic (exact) mass is 238 g/mol. The molecule has 86 valence electrons. The Labute approximate surface area is 100 Å². The number of aromatic nitrogens is 1. The van der Waals surface area contributed by atoms with Gasteiger partial charge in [0.05, 0.1) is 5.56 Å². The minimum Gasteiger partial charge on any atom is -0.338 e. The van der Waals surface area contributed by atoms with Crippen LogP contribution >= 0.6 is 11.6 Å². The van der Waals surface area contributed by atoms with Crippen LogP contribution in [-0.2, 0) is 0 Å². The van der Waals surface area contributed by atoms with E-state index in [0.29, 0.717) is 10.7 Å². The van der Waals surface area contributed by atoms with Gasteiger partial charge >= 0.3 is 0 Å². The van der Waals surface area contributed by atoms with Crippen molar-refractivity contribution < 1.29 is 4.79 Å². The van der Waals surface area contributed by atoms with Gasteiger partial charge in [0.1, 0.15) is 5.15 Å². The average Bonchev–Trinajstić information content (AvgIpc) is 2.59.